The summed E-state index contributed by atoms with van der Waals surface area (Å²) in [6.45, 7) is 5.04. The fourth-order valence-electron chi connectivity index (χ4n) is 2.75. The van der Waals surface area contributed by atoms with Gasteiger partial charge >= 0.3 is 0 Å². The van der Waals surface area contributed by atoms with E-state index in [0.717, 1.165) is 0 Å². The largest absolute Gasteiger partial charge is 0.338 e. The van der Waals surface area contributed by atoms with Crippen LogP contribution in [0.2, 0.25) is 0 Å². The summed E-state index contributed by atoms with van der Waals surface area (Å²) in [5.74, 6) is -0.166. The molecule has 0 aliphatic rings. The lowest BCUT2D eigenvalue weighted by molar-refractivity contribution is 0.0767. The Morgan fingerprint density at radius 2 is 1.54 bits per heavy atom. The minimum atomic E-state index is -0.229. The maximum absolute atomic E-state index is 12.9. The zero-order valence-electron chi connectivity index (χ0n) is 13.8. The molecule has 1 heterocycles. The quantitative estimate of drug-likeness (QED) is 0.742. The Morgan fingerprint density at radius 3 is 2.17 bits per heavy atom. The van der Waals surface area contributed by atoms with E-state index in [0.29, 0.717) is 35.2 Å². The van der Waals surface area contributed by atoms with Crippen LogP contribution in [0.3, 0.4) is 0 Å². The molecule has 0 bridgehead atoms. The monoisotopic (exact) mass is 321 g/mol. The van der Waals surface area contributed by atoms with Crippen molar-refractivity contribution in [3.8, 4) is 5.69 Å². The van der Waals surface area contributed by atoms with Gasteiger partial charge in [-0.2, -0.15) is 9.78 Å². The van der Waals surface area contributed by atoms with E-state index in [1.54, 1.807) is 35.2 Å². The van der Waals surface area contributed by atoms with Gasteiger partial charge in [0.1, 0.15) is 0 Å². The third-order valence-electron chi connectivity index (χ3n) is 4.06. The van der Waals surface area contributed by atoms with Crippen LogP contribution in [-0.2, 0) is 0 Å². The summed E-state index contributed by atoms with van der Waals surface area (Å²) in [6.07, 6.45) is 0. The van der Waals surface area contributed by atoms with Gasteiger partial charge in [0, 0.05) is 18.5 Å². The van der Waals surface area contributed by atoms with E-state index in [-0.39, 0.29) is 11.5 Å². The Labute approximate surface area is 140 Å². The van der Waals surface area contributed by atoms with Crippen LogP contribution < -0.4 is 5.56 Å². The highest BCUT2D eigenvalue weighted by molar-refractivity contribution is 6.04. The molecule has 0 unspecified atom stereocenters. The van der Waals surface area contributed by atoms with Crippen LogP contribution in [0.5, 0.6) is 0 Å². The number of hydrogen-bond acceptors (Lipinski definition) is 3. The summed E-state index contributed by atoms with van der Waals surface area (Å²) < 4.78 is 1.30. The number of aromatic nitrogens is 2. The lowest BCUT2D eigenvalue weighted by Gasteiger charge is -2.19. The topological polar surface area (TPSA) is 55.2 Å². The molecule has 122 valence electrons. The fourth-order valence-corrected chi connectivity index (χ4v) is 2.75. The second-order valence-electron chi connectivity index (χ2n) is 5.42. The normalized spacial score (nSPS) is 10.8. The maximum Gasteiger partial charge on any atom is 0.279 e. The number of rotatable bonds is 4. The highest BCUT2D eigenvalue weighted by atomic mass is 16.2. The van der Waals surface area contributed by atoms with Gasteiger partial charge < -0.3 is 4.90 Å². The van der Waals surface area contributed by atoms with Gasteiger partial charge in [-0.3, -0.25) is 9.59 Å². The molecule has 5 heteroatoms. The van der Waals surface area contributed by atoms with Crippen molar-refractivity contribution >= 4 is 16.7 Å². The van der Waals surface area contributed by atoms with E-state index in [2.05, 4.69) is 5.10 Å². The first-order chi connectivity index (χ1) is 11.7. The molecule has 1 amide bonds. The zero-order valence-corrected chi connectivity index (χ0v) is 13.8. The Morgan fingerprint density at radius 1 is 0.958 bits per heavy atom. The van der Waals surface area contributed by atoms with Gasteiger partial charge in [-0.1, -0.05) is 36.4 Å². The van der Waals surface area contributed by atoms with Crippen molar-refractivity contribution in [1.29, 1.82) is 0 Å². The van der Waals surface area contributed by atoms with Crippen LogP contribution in [0.1, 0.15) is 24.3 Å². The number of carbonyl (C=O) groups excluding carboxylic acids is 1. The van der Waals surface area contributed by atoms with Gasteiger partial charge in [-0.25, -0.2) is 0 Å². The van der Waals surface area contributed by atoms with Gasteiger partial charge in [-0.05, 0) is 32.0 Å². The molecule has 1 aromatic heterocycles. The van der Waals surface area contributed by atoms with Crippen molar-refractivity contribution in [2.45, 2.75) is 13.8 Å². The smallest absolute Gasteiger partial charge is 0.279 e. The summed E-state index contributed by atoms with van der Waals surface area (Å²) in [5, 5.41) is 5.48. The van der Waals surface area contributed by atoms with Gasteiger partial charge in [0.25, 0.3) is 11.5 Å². The minimum absolute atomic E-state index is 0.166. The van der Waals surface area contributed by atoms with E-state index in [9.17, 15) is 9.59 Å². The van der Waals surface area contributed by atoms with Crippen molar-refractivity contribution in [2.24, 2.45) is 0 Å². The first-order valence-corrected chi connectivity index (χ1v) is 8.04. The molecule has 5 nitrogen and oxygen atoms in total. The molecule has 0 atom stereocenters. The standard InChI is InChI=1S/C19H19N3O2/c1-3-21(4-2)19(24)17-15-12-8-9-13-16(15)18(23)22(20-17)14-10-6-5-7-11-14/h5-13H,3-4H2,1-2H3. The molecule has 0 radical (unpaired) electrons. The molecule has 24 heavy (non-hydrogen) atoms. The molecule has 3 aromatic rings. The number of benzene rings is 2. The third-order valence-corrected chi connectivity index (χ3v) is 4.06. The molecule has 0 fully saturated rings. The molecule has 0 saturated heterocycles. The first-order valence-electron chi connectivity index (χ1n) is 8.04. The molecule has 2 aromatic carbocycles. The molecule has 3 rings (SSSR count). The second kappa shape index (κ2) is 6.66. The molecular weight excluding hydrogens is 302 g/mol. The van der Waals surface area contributed by atoms with Gasteiger partial charge in [0.2, 0.25) is 0 Å². The third kappa shape index (κ3) is 2.69. The van der Waals surface area contributed by atoms with Crippen LogP contribution in [0.25, 0.3) is 16.5 Å². The average molecular weight is 321 g/mol. The lowest BCUT2D eigenvalue weighted by Crippen LogP contribution is -2.34. The number of amides is 1. The number of nitrogens with zero attached hydrogens (tertiary/aromatic N) is 3. The highest BCUT2D eigenvalue weighted by Gasteiger charge is 2.20. The summed E-state index contributed by atoms with van der Waals surface area (Å²) in [4.78, 5) is 27.4. The van der Waals surface area contributed by atoms with E-state index < -0.39 is 0 Å². The summed E-state index contributed by atoms with van der Waals surface area (Å²) in [5.41, 5.74) is 0.715. The van der Waals surface area contributed by atoms with E-state index >= 15 is 0 Å². The predicted molar refractivity (Wildman–Crippen MR) is 94.6 cm³/mol. The Kier molecular flexibility index (Phi) is 4.42. The summed E-state index contributed by atoms with van der Waals surface area (Å²) >= 11 is 0. The zero-order chi connectivity index (χ0) is 17.1. The van der Waals surface area contributed by atoms with Crippen LogP contribution >= 0.6 is 0 Å². The van der Waals surface area contributed by atoms with Crippen molar-refractivity contribution < 1.29 is 4.79 Å². The van der Waals surface area contributed by atoms with E-state index in [1.165, 1.54) is 4.68 Å². The summed E-state index contributed by atoms with van der Waals surface area (Å²) in [6, 6.07) is 16.3. The van der Waals surface area contributed by atoms with Crippen molar-refractivity contribution in [3.05, 3.63) is 70.6 Å². The van der Waals surface area contributed by atoms with Crippen molar-refractivity contribution in [3.63, 3.8) is 0 Å². The first kappa shape index (κ1) is 15.9. The average Bonchev–Trinajstić information content (AvgIpc) is 2.64. The molecule has 0 spiro atoms. The fraction of sp³-hybridized carbons (Fsp3) is 0.211. The highest BCUT2D eigenvalue weighted by Crippen LogP contribution is 2.16. The number of fused-ring (bicyclic) bond motifs is 1. The molecule has 0 N–H and O–H groups in total. The van der Waals surface area contributed by atoms with Crippen LogP contribution in [0, 0.1) is 0 Å². The second-order valence-corrected chi connectivity index (χ2v) is 5.42. The van der Waals surface area contributed by atoms with Crippen LogP contribution in [0.15, 0.2) is 59.4 Å². The predicted octanol–water partition coefficient (Wildman–Crippen LogP) is 2.87. The SMILES string of the molecule is CCN(CC)C(=O)c1nn(-c2ccccc2)c(=O)c2ccccc12. The molecular formula is C19H19N3O2. The molecule has 0 aliphatic heterocycles. The van der Waals surface area contributed by atoms with Crippen LogP contribution in [0.4, 0.5) is 0 Å². The lowest BCUT2D eigenvalue weighted by atomic mass is 10.1. The number of hydrogen-bond donors (Lipinski definition) is 0. The van der Waals surface area contributed by atoms with E-state index in [1.807, 2.05) is 38.1 Å². The van der Waals surface area contributed by atoms with Crippen molar-refractivity contribution in [2.75, 3.05) is 13.1 Å². The Bertz CT molecular complexity index is 928. The summed E-state index contributed by atoms with van der Waals surface area (Å²) in [7, 11) is 0. The van der Waals surface area contributed by atoms with Crippen LogP contribution in [-0.4, -0.2) is 33.7 Å². The molecule has 0 saturated carbocycles. The van der Waals surface area contributed by atoms with Crippen molar-refractivity contribution in [1.82, 2.24) is 14.7 Å². The minimum Gasteiger partial charge on any atom is -0.338 e. The van der Waals surface area contributed by atoms with E-state index in [4.69, 9.17) is 0 Å². The number of carbonyl (C=O) groups is 1. The Hall–Kier alpha value is -2.95. The number of para-hydroxylation sites is 1. The Balaban J connectivity index is 2.31. The molecule has 0 aliphatic carbocycles. The maximum atomic E-state index is 12.9. The van der Waals surface area contributed by atoms with Gasteiger partial charge in [0.05, 0.1) is 11.1 Å². The van der Waals surface area contributed by atoms with Gasteiger partial charge in [0.15, 0.2) is 5.69 Å². The van der Waals surface area contributed by atoms with Gasteiger partial charge in [-0.15, -0.1) is 0 Å².